The van der Waals surface area contributed by atoms with Gasteiger partial charge in [0, 0.05) is 39.9 Å². The van der Waals surface area contributed by atoms with E-state index in [1.54, 1.807) is 0 Å². The van der Waals surface area contributed by atoms with Gasteiger partial charge in [-0.25, -0.2) is 0 Å². The number of nitrogens with one attached hydrogen (secondary N) is 1. The van der Waals surface area contributed by atoms with Crippen molar-refractivity contribution in [3.05, 3.63) is 47.8 Å². The van der Waals surface area contributed by atoms with Gasteiger partial charge < -0.3 is 15.0 Å². The van der Waals surface area contributed by atoms with E-state index < -0.39 is 0 Å². The fourth-order valence-corrected chi connectivity index (χ4v) is 4.72. The quantitative estimate of drug-likeness (QED) is 0.338. The average Bonchev–Trinajstić information content (AvgIpc) is 3.39. The standard InChI is InChI=1S/C24H35N5O.HI/c1-25-24(29-12-11-20(18-29)13-21-16-27-28(2)17-21)26-15-19-7-6-10-23(14-19)30-22-8-4-3-5-9-22;/h6-7,10,14,16-17,20,22H,3-5,8-9,11-13,15,18H2,1-2H3,(H,25,26);1H. The smallest absolute Gasteiger partial charge is 0.193 e. The minimum Gasteiger partial charge on any atom is -0.490 e. The lowest BCUT2D eigenvalue weighted by Gasteiger charge is -2.24. The number of ether oxygens (including phenoxy) is 1. The van der Waals surface area contributed by atoms with Gasteiger partial charge in [-0.2, -0.15) is 5.10 Å². The van der Waals surface area contributed by atoms with Crippen molar-refractivity contribution < 1.29 is 4.74 Å². The summed E-state index contributed by atoms with van der Waals surface area (Å²) in [5.74, 6) is 2.64. The van der Waals surface area contributed by atoms with E-state index in [1.165, 1.54) is 49.7 Å². The fraction of sp³-hybridized carbons (Fsp3) is 0.583. The van der Waals surface area contributed by atoms with E-state index in [4.69, 9.17) is 4.74 Å². The minimum absolute atomic E-state index is 0. The van der Waals surface area contributed by atoms with Crippen LogP contribution in [0, 0.1) is 5.92 Å². The lowest BCUT2D eigenvalue weighted by atomic mass is 9.98. The van der Waals surface area contributed by atoms with Crippen molar-refractivity contribution in [1.29, 1.82) is 0 Å². The van der Waals surface area contributed by atoms with Crippen molar-refractivity contribution in [3.8, 4) is 5.75 Å². The van der Waals surface area contributed by atoms with Crippen molar-refractivity contribution in [2.45, 2.75) is 57.6 Å². The normalized spacial score (nSPS) is 19.9. The number of benzene rings is 1. The van der Waals surface area contributed by atoms with Crippen LogP contribution in [0.5, 0.6) is 5.75 Å². The van der Waals surface area contributed by atoms with Crippen LogP contribution < -0.4 is 10.1 Å². The third kappa shape index (κ3) is 6.85. The Morgan fingerprint density at radius 2 is 2.03 bits per heavy atom. The highest BCUT2D eigenvalue weighted by Gasteiger charge is 2.25. The summed E-state index contributed by atoms with van der Waals surface area (Å²) in [5, 5.41) is 7.84. The molecule has 1 aromatic carbocycles. The third-order valence-electron chi connectivity index (χ3n) is 6.28. The summed E-state index contributed by atoms with van der Waals surface area (Å²) >= 11 is 0. The lowest BCUT2D eigenvalue weighted by Crippen LogP contribution is -2.39. The lowest BCUT2D eigenvalue weighted by molar-refractivity contribution is 0.155. The Bertz CT molecular complexity index is 846. The van der Waals surface area contributed by atoms with Crippen molar-refractivity contribution in [1.82, 2.24) is 20.0 Å². The van der Waals surface area contributed by atoms with Crippen LogP contribution in [0.1, 0.15) is 49.7 Å². The van der Waals surface area contributed by atoms with Gasteiger partial charge >= 0.3 is 0 Å². The topological polar surface area (TPSA) is 54.7 Å². The Morgan fingerprint density at radius 3 is 2.77 bits per heavy atom. The summed E-state index contributed by atoms with van der Waals surface area (Å²) in [6, 6.07) is 8.50. The molecule has 2 heterocycles. The number of likely N-dealkylation sites (tertiary alicyclic amines) is 1. The number of halogens is 1. The first-order valence-electron chi connectivity index (χ1n) is 11.4. The van der Waals surface area contributed by atoms with Crippen LogP contribution in [-0.2, 0) is 20.0 Å². The van der Waals surface area contributed by atoms with Crippen molar-refractivity contribution in [2.24, 2.45) is 18.0 Å². The Hall–Kier alpha value is -1.77. The maximum atomic E-state index is 6.23. The Kier molecular flexibility index (Phi) is 9.04. The number of nitrogens with zero attached hydrogens (tertiary/aromatic N) is 4. The third-order valence-corrected chi connectivity index (χ3v) is 6.28. The van der Waals surface area contributed by atoms with Gasteiger partial charge in [0.25, 0.3) is 0 Å². The van der Waals surface area contributed by atoms with Gasteiger partial charge in [0.1, 0.15) is 5.75 Å². The predicted octanol–water partition coefficient (Wildman–Crippen LogP) is 4.39. The highest BCUT2D eigenvalue weighted by molar-refractivity contribution is 14.0. The van der Waals surface area contributed by atoms with Crippen molar-refractivity contribution >= 4 is 29.9 Å². The molecule has 1 saturated heterocycles. The molecule has 1 aromatic heterocycles. The Morgan fingerprint density at radius 1 is 1.19 bits per heavy atom. The maximum Gasteiger partial charge on any atom is 0.193 e. The monoisotopic (exact) mass is 537 g/mol. The van der Waals surface area contributed by atoms with E-state index in [-0.39, 0.29) is 24.0 Å². The van der Waals surface area contributed by atoms with Gasteiger partial charge in [-0.3, -0.25) is 9.67 Å². The van der Waals surface area contributed by atoms with E-state index in [2.05, 4.69) is 50.8 Å². The van der Waals surface area contributed by atoms with Crippen molar-refractivity contribution in [3.63, 3.8) is 0 Å². The van der Waals surface area contributed by atoms with E-state index in [1.807, 2.05) is 25.0 Å². The molecule has 2 aromatic rings. The molecule has 7 heteroatoms. The number of guanidine groups is 1. The van der Waals surface area contributed by atoms with Gasteiger partial charge in [-0.05, 0) is 67.7 Å². The van der Waals surface area contributed by atoms with Crippen molar-refractivity contribution in [2.75, 3.05) is 20.1 Å². The Labute approximate surface area is 203 Å². The van der Waals surface area contributed by atoms with Gasteiger partial charge in [0.15, 0.2) is 5.96 Å². The predicted molar refractivity (Wildman–Crippen MR) is 136 cm³/mol. The molecule has 6 nitrogen and oxygen atoms in total. The van der Waals surface area contributed by atoms with Gasteiger partial charge in [-0.1, -0.05) is 18.6 Å². The SMILES string of the molecule is CN=C(NCc1cccc(OC2CCCCC2)c1)N1CCC(Cc2cnn(C)c2)C1.I. The second-order valence-corrected chi connectivity index (χ2v) is 8.75. The minimum atomic E-state index is 0. The first-order valence-corrected chi connectivity index (χ1v) is 11.4. The zero-order valence-corrected chi connectivity index (χ0v) is 21.1. The number of aryl methyl sites for hydroxylation is 1. The second kappa shape index (κ2) is 11.7. The van der Waals surface area contributed by atoms with Crippen LogP contribution in [0.3, 0.4) is 0 Å². The summed E-state index contributed by atoms with van der Waals surface area (Å²) in [5.41, 5.74) is 2.55. The molecule has 4 rings (SSSR count). The molecule has 2 aliphatic rings. The van der Waals surface area contributed by atoms with Gasteiger partial charge in [0.2, 0.25) is 0 Å². The van der Waals surface area contributed by atoms with Gasteiger partial charge in [-0.15, -0.1) is 24.0 Å². The molecule has 31 heavy (non-hydrogen) atoms. The number of aliphatic imine (C=N–C) groups is 1. The molecule has 0 spiro atoms. The number of hydrogen-bond donors (Lipinski definition) is 1. The summed E-state index contributed by atoms with van der Waals surface area (Å²) in [6.45, 7) is 2.85. The fourth-order valence-electron chi connectivity index (χ4n) is 4.72. The number of aromatic nitrogens is 2. The van der Waals surface area contributed by atoms with Crippen LogP contribution in [0.4, 0.5) is 0 Å². The molecule has 2 fully saturated rings. The number of rotatable bonds is 6. The largest absolute Gasteiger partial charge is 0.490 e. The molecule has 1 N–H and O–H groups in total. The summed E-state index contributed by atoms with van der Waals surface area (Å²) in [6.07, 6.45) is 13.1. The van der Waals surface area contributed by atoms with E-state index in [0.29, 0.717) is 12.0 Å². The highest BCUT2D eigenvalue weighted by atomic mass is 127. The van der Waals surface area contributed by atoms with Crippen LogP contribution in [0.25, 0.3) is 0 Å². The maximum absolute atomic E-state index is 6.23. The van der Waals surface area contributed by atoms with E-state index in [9.17, 15) is 0 Å². The zero-order valence-electron chi connectivity index (χ0n) is 18.8. The first-order chi connectivity index (χ1) is 14.7. The van der Waals surface area contributed by atoms with Crippen LogP contribution in [0.15, 0.2) is 41.7 Å². The zero-order chi connectivity index (χ0) is 20.8. The van der Waals surface area contributed by atoms with Gasteiger partial charge in [0.05, 0.1) is 12.3 Å². The molecule has 1 atom stereocenters. The van der Waals surface area contributed by atoms with E-state index >= 15 is 0 Å². The molecule has 0 radical (unpaired) electrons. The average molecular weight is 537 g/mol. The van der Waals surface area contributed by atoms with Crippen LogP contribution in [0.2, 0.25) is 0 Å². The molecule has 170 valence electrons. The highest BCUT2D eigenvalue weighted by Crippen LogP contribution is 2.24. The van der Waals surface area contributed by atoms with E-state index in [0.717, 1.165) is 37.8 Å². The second-order valence-electron chi connectivity index (χ2n) is 8.75. The molecule has 1 saturated carbocycles. The molecule has 1 unspecified atom stereocenters. The molecule has 0 bridgehead atoms. The summed E-state index contributed by atoms with van der Waals surface area (Å²) in [7, 11) is 3.85. The molecular weight excluding hydrogens is 501 g/mol. The molecule has 1 aliphatic heterocycles. The summed E-state index contributed by atoms with van der Waals surface area (Å²) < 4.78 is 8.11. The Balaban J connectivity index is 0.00000272. The summed E-state index contributed by atoms with van der Waals surface area (Å²) in [4.78, 5) is 6.91. The first kappa shape index (κ1) is 23.9. The van der Waals surface area contributed by atoms with Crippen LogP contribution in [-0.4, -0.2) is 46.9 Å². The van der Waals surface area contributed by atoms with Crippen LogP contribution >= 0.6 is 24.0 Å². The number of hydrogen-bond acceptors (Lipinski definition) is 3. The molecule has 0 amide bonds. The molecular formula is C24H36IN5O. The molecule has 1 aliphatic carbocycles.